The zero-order valence-electron chi connectivity index (χ0n) is 17.4. The van der Waals surface area contributed by atoms with Gasteiger partial charge in [-0.15, -0.1) is 23.7 Å². The van der Waals surface area contributed by atoms with Gasteiger partial charge >= 0.3 is 0 Å². The zero-order chi connectivity index (χ0) is 20.8. The van der Waals surface area contributed by atoms with Crippen LogP contribution in [0.1, 0.15) is 11.3 Å². The summed E-state index contributed by atoms with van der Waals surface area (Å²) >= 11 is 3.14. The first-order chi connectivity index (χ1) is 14.7. The molecule has 1 aliphatic rings. The Kier molecular flexibility index (Phi) is 8.86. The van der Waals surface area contributed by atoms with Gasteiger partial charge in [-0.3, -0.25) is 14.6 Å². The molecule has 1 amide bonds. The molecule has 1 aromatic carbocycles. The van der Waals surface area contributed by atoms with E-state index in [1.807, 2.05) is 41.8 Å². The first-order valence-electron chi connectivity index (χ1n) is 10.0. The van der Waals surface area contributed by atoms with E-state index in [0.717, 1.165) is 65.2 Å². The minimum Gasteiger partial charge on any atom is -0.497 e. The SMILES string of the molecule is COc1ccc2nc(N(CCCN3CCOCC3)C(=O)C=Cc3cccs3)sc2c1.Cl. The van der Waals surface area contributed by atoms with Gasteiger partial charge < -0.3 is 9.47 Å². The summed E-state index contributed by atoms with van der Waals surface area (Å²) in [5.41, 5.74) is 0.879. The highest BCUT2D eigenvalue weighted by atomic mass is 35.5. The van der Waals surface area contributed by atoms with Crippen molar-refractivity contribution in [2.45, 2.75) is 6.42 Å². The van der Waals surface area contributed by atoms with Gasteiger partial charge in [0.05, 0.1) is 30.5 Å². The highest BCUT2D eigenvalue weighted by Gasteiger charge is 2.19. The van der Waals surface area contributed by atoms with E-state index in [0.29, 0.717) is 6.54 Å². The first-order valence-corrected chi connectivity index (χ1v) is 11.7. The largest absolute Gasteiger partial charge is 0.497 e. The molecule has 0 atom stereocenters. The molecule has 0 N–H and O–H groups in total. The van der Waals surface area contributed by atoms with Gasteiger partial charge in [-0.25, -0.2) is 4.98 Å². The summed E-state index contributed by atoms with van der Waals surface area (Å²) in [6.07, 6.45) is 4.41. The van der Waals surface area contributed by atoms with Crippen LogP contribution in [0.15, 0.2) is 41.8 Å². The van der Waals surface area contributed by atoms with E-state index < -0.39 is 0 Å². The Bertz CT molecular complexity index is 1000. The summed E-state index contributed by atoms with van der Waals surface area (Å²) in [6.45, 7) is 5.04. The second-order valence-corrected chi connectivity index (χ2v) is 8.96. The summed E-state index contributed by atoms with van der Waals surface area (Å²) in [6, 6.07) is 9.78. The maximum absolute atomic E-state index is 13.1. The molecular weight excluding hydrogens is 454 g/mol. The number of ether oxygens (including phenoxy) is 2. The summed E-state index contributed by atoms with van der Waals surface area (Å²) < 4.78 is 11.8. The van der Waals surface area contributed by atoms with Crippen molar-refractivity contribution in [2.75, 3.05) is 51.4 Å². The van der Waals surface area contributed by atoms with Crippen LogP contribution < -0.4 is 9.64 Å². The number of anilines is 1. The molecule has 0 aliphatic carbocycles. The quantitative estimate of drug-likeness (QED) is 0.443. The number of methoxy groups -OCH3 is 1. The lowest BCUT2D eigenvalue weighted by Gasteiger charge is -2.27. The third kappa shape index (κ3) is 6.27. The Hall–Kier alpha value is -1.97. The molecule has 1 fully saturated rings. The molecule has 2 aromatic heterocycles. The van der Waals surface area contributed by atoms with Crippen LogP contribution in [0.5, 0.6) is 5.75 Å². The van der Waals surface area contributed by atoms with E-state index in [9.17, 15) is 4.79 Å². The fourth-order valence-corrected chi connectivity index (χ4v) is 4.99. The number of morpholine rings is 1. The lowest BCUT2D eigenvalue weighted by atomic mass is 10.3. The maximum atomic E-state index is 13.1. The van der Waals surface area contributed by atoms with Crippen molar-refractivity contribution in [3.8, 4) is 5.75 Å². The predicted molar refractivity (Wildman–Crippen MR) is 131 cm³/mol. The second-order valence-electron chi connectivity index (χ2n) is 6.98. The molecule has 6 nitrogen and oxygen atoms in total. The fraction of sp³-hybridized carbons (Fsp3) is 0.364. The monoisotopic (exact) mass is 479 g/mol. The molecule has 31 heavy (non-hydrogen) atoms. The van der Waals surface area contributed by atoms with Crippen molar-refractivity contribution < 1.29 is 14.3 Å². The van der Waals surface area contributed by atoms with Gasteiger partial charge in [0.15, 0.2) is 5.13 Å². The van der Waals surface area contributed by atoms with Crippen molar-refractivity contribution in [2.24, 2.45) is 0 Å². The van der Waals surface area contributed by atoms with Crippen molar-refractivity contribution in [1.29, 1.82) is 0 Å². The number of hydrogen-bond acceptors (Lipinski definition) is 7. The molecule has 3 heterocycles. The number of amides is 1. The van der Waals surface area contributed by atoms with Crippen LogP contribution in [0.25, 0.3) is 16.3 Å². The number of fused-ring (bicyclic) bond motifs is 1. The van der Waals surface area contributed by atoms with Crippen molar-refractivity contribution in [3.05, 3.63) is 46.7 Å². The summed E-state index contributed by atoms with van der Waals surface area (Å²) in [7, 11) is 1.65. The molecule has 1 aliphatic heterocycles. The molecule has 166 valence electrons. The lowest BCUT2D eigenvalue weighted by Crippen LogP contribution is -2.39. The second kappa shape index (κ2) is 11.6. The van der Waals surface area contributed by atoms with Crippen LogP contribution in [-0.2, 0) is 9.53 Å². The van der Waals surface area contributed by atoms with Gasteiger partial charge in [-0.1, -0.05) is 17.4 Å². The van der Waals surface area contributed by atoms with Crippen molar-refractivity contribution in [3.63, 3.8) is 0 Å². The molecule has 4 rings (SSSR count). The smallest absolute Gasteiger partial charge is 0.252 e. The Labute approximate surface area is 196 Å². The van der Waals surface area contributed by atoms with Crippen molar-refractivity contribution in [1.82, 2.24) is 9.88 Å². The van der Waals surface area contributed by atoms with E-state index in [1.54, 1.807) is 29.4 Å². The number of carbonyl (C=O) groups excluding carboxylic acids is 1. The normalized spacial score (nSPS) is 14.6. The number of aromatic nitrogens is 1. The number of thiazole rings is 1. The van der Waals surface area contributed by atoms with Crippen LogP contribution in [0, 0.1) is 0 Å². The number of rotatable bonds is 8. The number of hydrogen-bond donors (Lipinski definition) is 0. The number of halogens is 1. The Balaban J connectivity index is 0.00000272. The van der Waals surface area contributed by atoms with E-state index in [4.69, 9.17) is 14.5 Å². The van der Waals surface area contributed by atoms with Gasteiger partial charge in [0, 0.05) is 37.1 Å². The topological polar surface area (TPSA) is 54.9 Å². The van der Waals surface area contributed by atoms with Gasteiger partial charge in [0.2, 0.25) is 0 Å². The highest BCUT2D eigenvalue weighted by molar-refractivity contribution is 7.22. The van der Waals surface area contributed by atoms with Crippen LogP contribution >= 0.6 is 35.1 Å². The molecular formula is C22H26ClN3O3S2. The Morgan fingerprint density at radius 1 is 1.32 bits per heavy atom. The van der Waals surface area contributed by atoms with Gasteiger partial charge in [-0.05, 0) is 42.1 Å². The molecule has 0 bridgehead atoms. The van der Waals surface area contributed by atoms with E-state index in [-0.39, 0.29) is 18.3 Å². The molecule has 9 heteroatoms. The number of nitrogens with zero attached hydrogens (tertiary/aromatic N) is 3. The fourth-order valence-electron chi connectivity index (χ4n) is 3.34. The zero-order valence-corrected chi connectivity index (χ0v) is 19.8. The van der Waals surface area contributed by atoms with Crippen LogP contribution in [-0.4, -0.2) is 62.3 Å². The first kappa shape index (κ1) is 23.7. The van der Waals surface area contributed by atoms with Crippen LogP contribution in [0.3, 0.4) is 0 Å². The Morgan fingerprint density at radius 3 is 2.90 bits per heavy atom. The summed E-state index contributed by atoms with van der Waals surface area (Å²) in [4.78, 5) is 23.0. The molecule has 3 aromatic rings. The standard InChI is InChI=1S/C22H25N3O3S2.ClH/c1-27-17-5-7-19-20(16-17)30-22(23-19)25(10-3-9-24-11-13-28-14-12-24)21(26)8-6-18-4-2-15-29-18;/h2,4-8,15-16H,3,9-14H2,1H3;1H. The minimum atomic E-state index is -0.0450. The third-order valence-corrected chi connectivity index (χ3v) is 6.85. The number of benzene rings is 1. The average Bonchev–Trinajstić information content (AvgIpc) is 3.44. The highest BCUT2D eigenvalue weighted by Crippen LogP contribution is 2.32. The molecule has 0 spiro atoms. The minimum absolute atomic E-state index is 0. The third-order valence-electron chi connectivity index (χ3n) is 4.97. The molecule has 1 saturated heterocycles. The van der Waals surface area contributed by atoms with E-state index in [2.05, 4.69) is 4.90 Å². The van der Waals surface area contributed by atoms with Crippen LogP contribution in [0.4, 0.5) is 5.13 Å². The van der Waals surface area contributed by atoms with Gasteiger partial charge in [0.1, 0.15) is 5.75 Å². The van der Waals surface area contributed by atoms with E-state index in [1.165, 1.54) is 11.3 Å². The summed E-state index contributed by atoms with van der Waals surface area (Å²) in [5, 5.41) is 2.73. The number of thiophene rings is 1. The van der Waals surface area contributed by atoms with Crippen molar-refractivity contribution >= 4 is 62.4 Å². The average molecular weight is 480 g/mol. The molecule has 0 unspecified atom stereocenters. The van der Waals surface area contributed by atoms with Crippen LogP contribution in [0.2, 0.25) is 0 Å². The van der Waals surface area contributed by atoms with Gasteiger partial charge in [-0.2, -0.15) is 0 Å². The number of carbonyl (C=O) groups is 1. The summed E-state index contributed by atoms with van der Waals surface area (Å²) in [5.74, 6) is 0.747. The van der Waals surface area contributed by atoms with E-state index >= 15 is 0 Å². The maximum Gasteiger partial charge on any atom is 0.252 e. The molecule has 0 radical (unpaired) electrons. The van der Waals surface area contributed by atoms with Gasteiger partial charge in [0.25, 0.3) is 5.91 Å². The lowest BCUT2D eigenvalue weighted by molar-refractivity contribution is -0.114. The molecule has 0 saturated carbocycles. The Morgan fingerprint density at radius 2 is 2.16 bits per heavy atom. The predicted octanol–water partition coefficient (Wildman–Crippen LogP) is 4.56.